The molecule has 1 aliphatic heterocycles. The highest BCUT2D eigenvalue weighted by Gasteiger charge is 2.29. The summed E-state index contributed by atoms with van der Waals surface area (Å²) in [4.78, 5) is 13.7. The van der Waals surface area contributed by atoms with Crippen molar-refractivity contribution in [2.24, 2.45) is 5.92 Å². The molecule has 2 aliphatic rings. The Hall–Kier alpha value is -1.08. The van der Waals surface area contributed by atoms with Crippen molar-refractivity contribution < 1.29 is 4.79 Å². The van der Waals surface area contributed by atoms with E-state index in [0.717, 1.165) is 6.54 Å². The molecule has 4 heteroatoms. The van der Waals surface area contributed by atoms with Crippen LogP contribution < -0.4 is 5.32 Å². The number of piperazine rings is 1. The molecule has 0 aromatic rings. The fourth-order valence-electron chi connectivity index (χ4n) is 2.18. The molecular weight excluding hydrogens is 190 g/mol. The summed E-state index contributed by atoms with van der Waals surface area (Å²) < 4.78 is 0. The van der Waals surface area contributed by atoms with E-state index in [1.54, 1.807) is 4.90 Å². The number of carbonyl (C=O) groups is 1. The standard InChI is InChI=1S/C11H17N3O/c12-7-10-8-13-4-5-14(10)11(15)6-9-2-1-3-9/h9-10,13H,1-6,8H2. The summed E-state index contributed by atoms with van der Waals surface area (Å²) in [6.45, 7) is 2.12. The number of hydrogen-bond donors (Lipinski definition) is 1. The monoisotopic (exact) mass is 207 g/mol. The van der Waals surface area contributed by atoms with Gasteiger partial charge in [-0.05, 0) is 18.8 Å². The highest BCUT2D eigenvalue weighted by atomic mass is 16.2. The molecule has 2 fully saturated rings. The van der Waals surface area contributed by atoms with Crippen LogP contribution in [-0.4, -0.2) is 36.5 Å². The Morgan fingerprint density at radius 2 is 2.33 bits per heavy atom. The van der Waals surface area contributed by atoms with Gasteiger partial charge in [0.15, 0.2) is 0 Å². The van der Waals surface area contributed by atoms with Crippen molar-refractivity contribution in [2.75, 3.05) is 19.6 Å². The molecule has 1 unspecified atom stereocenters. The SMILES string of the molecule is N#CC1CNCCN1C(=O)CC1CCC1. The predicted molar refractivity (Wildman–Crippen MR) is 55.9 cm³/mol. The van der Waals surface area contributed by atoms with E-state index in [4.69, 9.17) is 5.26 Å². The molecule has 0 aromatic heterocycles. The first-order chi connectivity index (χ1) is 7.31. The van der Waals surface area contributed by atoms with Crippen LogP contribution in [0.1, 0.15) is 25.7 Å². The lowest BCUT2D eigenvalue weighted by atomic mass is 9.82. The second kappa shape index (κ2) is 4.63. The third kappa shape index (κ3) is 2.29. The van der Waals surface area contributed by atoms with Crippen molar-refractivity contribution in [3.05, 3.63) is 0 Å². The minimum absolute atomic E-state index is 0.174. The lowest BCUT2D eigenvalue weighted by Crippen LogP contribution is -2.53. The van der Waals surface area contributed by atoms with Crippen molar-refractivity contribution in [3.63, 3.8) is 0 Å². The molecule has 1 saturated carbocycles. The average molecular weight is 207 g/mol. The van der Waals surface area contributed by atoms with Crippen molar-refractivity contribution in [1.29, 1.82) is 5.26 Å². The molecule has 0 aromatic carbocycles. The second-order valence-electron chi connectivity index (χ2n) is 4.44. The molecule has 1 aliphatic carbocycles. The maximum atomic E-state index is 11.9. The van der Waals surface area contributed by atoms with Crippen LogP contribution in [0.25, 0.3) is 0 Å². The molecule has 2 rings (SSSR count). The van der Waals surface area contributed by atoms with Crippen LogP contribution in [0.15, 0.2) is 0 Å². The fourth-order valence-corrected chi connectivity index (χ4v) is 2.18. The molecular formula is C11H17N3O. The molecule has 1 amide bonds. The van der Waals surface area contributed by atoms with Gasteiger partial charge in [-0.3, -0.25) is 4.79 Å². The second-order valence-corrected chi connectivity index (χ2v) is 4.44. The highest BCUT2D eigenvalue weighted by molar-refractivity contribution is 5.77. The van der Waals surface area contributed by atoms with Gasteiger partial charge in [0.25, 0.3) is 0 Å². The Balaban J connectivity index is 1.89. The van der Waals surface area contributed by atoms with Crippen LogP contribution in [0.4, 0.5) is 0 Å². The molecule has 0 bridgehead atoms. The third-order valence-corrected chi connectivity index (χ3v) is 3.40. The summed E-state index contributed by atoms with van der Waals surface area (Å²) in [6.07, 6.45) is 4.30. The van der Waals surface area contributed by atoms with Gasteiger partial charge in [0.05, 0.1) is 6.07 Å². The summed E-state index contributed by atoms with van der Waals surface area (Å²) in [7, 11) is 0. The zero-order valence-corrected chi connectivity index (χ0v) is 8.91. The Morgan fingerprint density at radius 3 is 2.93 bits per heavy atom. The van der Waals surface area contributed by atoms with E-state index < -0.39 is 0 Å². The lowest BCUT2D eigenvalue weighted by Gasteiger charge is -2.34. The Morgan fingerprint density at radius 1 is 1.53 bits per heavy atom. The third-order valence-electron chi connectivity index (χ3n) is 3.40. The van der Waals surface area contributed by atoms with Gasteiger partial charge in [-0.25, -0.2) is 0 Å². The van der Waals surface area contributed by atoms with E-state index in [2.05, 4.69) is 11.4 Å². The molecule has 15 heavy (non-hydrogen) atoms. The predicted octanol–water partition coefficient (Wildman–Crippen LogP) is 0.501. The first kappa shape index (κ1) is 10.4. The maximum Gasteiger partial charge on any atom is 0.224 e. The summed E-state index contributed by atoms with van der Waals surface area (Å²) >= 11 is 0. The minimum atomic E-state index is -0.258. The average Bonchev–Trinajstić information content (AvgIpc) is 2.23. The molecule has 0 radical (unpaired) electrons. The molecule has 1 heterocycles. The van der Waals surface area contributed by atoms with Gasteiger partial charge < -0.3 is 10.2 Å². The van der Waals surface area contributed by atoms with E-state index in [1.807, 2.05) is 0 Å². The largest absolute Gasteiger partial charge is 0.324 e. The van der Waals surface area contributed by atoms with Crippen molar-refractivity contribution in [3.8, 4) is 6.07 Å². The zero-order valence-electron chi connectivity index (χ0n) is 8.91. The molecule has 0 spiro atoms. The van der Waals surface area contributed by atoms with Gasteiger partial charge in [0.2, 0.25) is 5.91 Å². The maximum absolute atomic E-state index is 11.9. The van der Waals surface area contributed by atoms with Crippen LogP contribution in [0.5, 0.6) is 0 Å². The number of nitrogens with zero attached hydrogens (tertiary/aromatic N) is 2. The number of carbonyl (C=O) groups excluding carboxylic acids is 1. The topological polar surface area (TPSA) is 56.1 Å². The fraction of sp³-hybridized carbons (Fsp3) is 0.818. The number of amides is 1. The van der Waals surface area contributed by atoms with Crippen LogP contribution in [0.3, 0.4) is 0 Å². The summed E-state index contributed by atoms with van der Waals surface area (Å²) in [5.41, 5.74) is 0. The van der Waals surface area contributed by atoms with Gasteiger partial charge in [0.1, 0.15) is 6.04 Å². The van der Waals surface area contributed by atoms with Crippen molar-refractivity contribution in [1.82, 2.24) is 10.2 Å². The quantitative estimate of drug-likeness (QED) is 0.717. The summed E-state index contributed by atoms with van der Waals surface area (Å²) in [6, 6.07) is 1.93. The summed E-state index contributed by atoms with van der Waals surface area (Å²) in [5.74, 6) is 0.763. The van der Waals surface area contributed by atoms with Crippen molar-refractivity contribution >= 4 is 5.91 Å². The van der Waals surface area contributed by atoms with E-state index >= 15 is 0 Å². The van der Waals surface area contributed by atoms with Crippen LogP contribution in [0.2, 0.25) is 0 Å². The first-order valence-electron chi connectivity index (χ1n) is 5.71. The zero-order chi connectivity index (χ0) is 10.7. The van der Waals surface area contributed by atoms with Crippen molar-refractivity contribution in [2.45, 2.75) is 31.7 Å². The van der Waals surface area contributed by atoms with E-state index in [-0.39, 0.29) is 11.9 Å². The van der Waals surface area contributed by atoms with Crippen LogP contribution in [-0.2, 0) is 4.79 Å². The number of hydrogen-bond acceptors (Lipinski definition) is 3. The molecule has 1 atom stereocenters. The van der Waals surface area contributed by atoms with E-state index in [0.29, 0.717) is 25.4 Å². The van der Waals surface area contributed by atoms with Gasteiger partial charge in [-0.1, -0.05) is 6.42 Å². The lowest BCUT2D eigenvalue weighted by molar-refractivity contribution is -0.134. The molecule has 82 valence electrons. The summed E-state index contributed by atoms with van der Waals surface area (Å²) in [5, 5.41) is 12.1. The van der Waals surface area contributed by atoms with Gasteiger partial charge in [-0.15, -0.1) is 0 Å². The van der Waals surface area contributed by atoms with Crippen LogP contribution >= 0.6 is 0 Å². The highest BCUT2D eigenvalue weighted by Crippen LogP contribution is 2.30. The molecule has 1 N–H and O–H groups in total. The van der Waals surface area contributed by atoms with Gasteiger partial charge in [0, 0.05) is 26.1 Å². The molecule has 1 saturated heterocycles. The smallest absolute Gasteiger partial charge is 0.224 e. The van der Waals surface area contributed by atoms with Gasteiger partial charge in [-0.2, -0.15) is 5.26 Å². The molecule has 4 nitrogen and oxygen atoms in total. The van der Waals surface area contributed by atoms with Gasteiger partial charge >= 0.3 is 0 Å². The Labute approximate surface area is 90.2 Å². The number of nitriles is 1. The minimum Gasteiger partial charge on any atom is -0.324 e. The normalized spacial score (nSPS) is 26.9. The first-order valence-corrected chi connectivity index (χ1v) is 5.71. The Bertz CT molecular complexity index is 280. The Kier molecular flexibility index (Phi) is 3.22. The number of nitrogens with one attached hydrogen (secondary N) is 1. The number of rotatable bonds is 2. The van der Waals surface area contributed by atoms with E-state index in [1.165, 1.54) is 19.3 Å². The van der Waals surface area contributed by atoms with E-state index in [9.17, 15) is 4.79 Å². The van der Waals surface area contributed by atoms with Crippen LogP contribution in [0, 0.1) is 17.2 Å².